The zero-order valence-electron chi connectivity index (χ0n) is 22.2. The van der Waals surface area contributed by atoms with Gasteiger partial charge in [-0.15, -0.1) is 0 Å². The first-order valence-corrected chi connectivity index (χ1v) is 13.1. The first kappa shape index (κ1) is 28.0. The zero-order valence-corrected chi connectivity index (χ0v) is 22.2. The molecule has 0 fully saturated rings. The SMILES string of the molecule is CCN(CCOc1ccc(CC(Nc2ccccc2C(=O)c2ccccc2)C(=O)O)cc1)C(=O)c1cccnc1. The van der Waals surface area contributed by atoms with E-state index >= 15 is 0 Å². The van der Waals surface area contributed by atoms with Gasteiger partial charge < -0.3 is 20.1 Å². The molecule has 2 N–H and O–H groups in total. The molecule has 0 aliphatic carbocycles. The summed E-state index contributed by atoms with van der Waals surface area (Å²) < 4.78 is 5.83. The molecule has 1 aromatic heterocycles. The van der Waals surface area contributed by atoms with Crippen molar-refractivity contribution in [2.75, 3.05) is 25.0 Å². The van der Waals surface area contributed by atoms with Crippen molar-refractivity contribution < 1.29 is 24.2 Å². The molecule has 1 heterocycles. The van der Waals surface area contributed by atoms with Crippen molar-refractivity contribution in [1.82, 2.24) is 9.88 Å². The summed E-state index contributed by atoms with van der Waals surface area (Å²) in [6.07, 6.45) is 3.37. The maximum atomic E-state index is 13.0. The van der Waals surface area contributed by atoms with Gasteiger partial charge in [0.15, 0.2) is 5.78 Å². The fourth-order valence-corrected chi connectivity index (χ4v) is 4.25. The van der Waals surface area contributed by atoms with Crippen molar-refractivity contribution in [3.05, 3.63) is 126 Å². The van der Waals surface area contributed by atoms with Gasteiger partial charge in [0.25, 0.3) is 5.91 Å². The molecule has 0 aliphatic rings. The van der Waals surface area contributed by atoms with Crippen LogP contribution in [0.3, 0.4) is 0 Å². The van der Waals surface area contributed by atoms with Crippen molar-refractivity contribution >= 4 is 23.3 Å². The average molecular weight is 538 g/mol. The molecule has 1 amide bonds. The maximum absolute atomic E-state index is 13.0. The van der Waals surface area contributed by atoms with Crippen molar-refractivity contribution in [3.63, 3.8) is 0 Å². The van der Waals surface area contributed by atoms with Crippen LogP contribution in [0.4, 0.5) is 5.69 Å². The third-order valence-corrected chi connectivity index (χ3v) is 6.41. The highest BCUT2D eigenvalue weighted by Gasteiger charge is 2.21. The Labute approximate surface area is 233 Å². The summed E-state index contributed by atoms with van der Waals surface area (Å²) >= 11 is 0. The van der Waals surface area contributed by atoms with E-state index in [4.69, 9.17) is 4.74 Å². The number of carboxylic acid groups (broad SMARTS) is 1. The first-order valence-electron chi connectivity index (χ1n) is 13.1. The minimum absolute atomic E-state index is 0.103. The summed E-state index contributed by atoms with van der Waals surface area (Å²) in [4.78, 5) is 43.5. The fourth-order valence-electron chi connectivity index (χ4n) is 4.25. The number of carboxylic acids is 1. The molecule has 0 aliphatic heterocycles. The second-order valence-electron chi connectivity index (χ2n) is 9.10. The summed E-state index contributed by atoms with van der Waals surface area (Å²) in [6.45, 7) is 3.18. The molecule has 0 saturated carbocycles. The number of hydrogen-bond donors (Lipinski definition) is 2. The molecule has 1 atom stereocenters. The van der Waals surface area contributed by atoms with Crippen LogP contribution >= 0.6 is 0 Å². The fraction of sp³-hybridized carbons (Fsp3) is 0.188. The molecule has 1 unspecified atom stereocenters. The predicted octanol–water partition coefficient (Wildman–Crippen LogP) is 4.96. The number of aliphatic carboxylic acids is 1. The van der Waals surface area contributed by atoms with Crippen LogP contribution in [0.2, 0.25) is 0 Å². The molecule has 0 saturated heterocycles. The number of nitrogens with zero attached hydrogens (tertiary/aromatic N) is 2. The minimum atomic E-state index is -1.03. The van der Waals surface area contributed by atoms with Crippen LogP contribution in [-0.2, 0) is 11.2 Å². The number of nitrogens with one attached hydrogen (secondary N) is 1. The van der Waals surface area contributed by atoms with Gasteiger partial charge in [0.05, 0.1) is 12.1 Å². The molecular formula is C32H31N3O5. The van der Waals surface area contributed by atoms with Gasteiger partial charge in [-0.3, -0.25) is 14.6 Å². The Morgan fingerprint density at radius 3 is 2.27 bits per heavy atom. The second kappa shape index (κ2) is 13.7. The number of ketones is 1. The number of anilines is 1. The molecule has 0 radical (unpaired) electrons. The zero-order chi connectivity index (χ0) is 28.3. The van der Waals surface area contributed by atoms with E-state index in [-0.39, 0.29) is 18.1 Å². The Morgan fingerprint density at radius 2 is 1.60 bits per heavy atom. The van der Waals surface area contributed by atoms with E-state index in [1.165, 1.54) is 0 Å². The number of benzene rings is 3. The molecule has 40 heavy (non-hydrogen) atoms. The summed E-state index contributed by atoms with van der Waals surface area (Å²) in [5.41, 5.74) is 2.72. The molecule has 4 aromatic rings. The Kier molecular flexibility index (Phi) is 9.61. The second-order valence-corrected chi connectivity index (χ2v) is 9.10. The maximum Gasteiger partial charge on any atom is 0.326 e. The lowest BCUT2D eigenvalue weighted by atomic mass is 10.00. The Morgan fingerprint density at radius 1 is 0.900 bits per heavy atom. The van der Waals surface area contributed by atoms with Crippen molar-refractivity contribution in [2.45, 2.75) is 19.4 Å². The van der Waals surface area contributed by atoms with E-state index in [0.29, 0.717) is 47.8 Å². The lowest BCUT2D eigenvalue weighted by molar-refractivity contribution is -0.137. The summed E-state index contributed by atoms with van der Waals surface area (Å²) in [5.74, 6) is -0.695. The molecule has 204 valence electrons. The number of ether oxygens (including phenoxy) is 1. The Balaban J connectivity index is 1.36. The summed E-state index contributed by atoms with van der Waals surface area (Å²) in [6, 6.07) is 25.5. The topological polar surface area (TPSA) is 109 Å². The number of amides is 1. The van der Waals surface area contributed by atoms with Crippen LogP contribution in [0.1, 0.15) is 38.8 Å². The highest BCUT2D eigenvalue weighted by Crippen LogP contribution is 2.22. The molecular weight excluding hydrogens is 506 g/mol. The highest BCUT2D eigenvalue weighted by molar-refractivity contribution is 6.12. The lowest BCUT2D eigenvalue weighted by Crippen LogP contribution is -2.34. The van der Waals surface area contributed by atoms with Gasteiger partial charge in [-0.25, -0.2) is 4.79 Å². The number of hydrogen-bond acceptors (Lipinski definition) is 6. The standard InChI is InChI=1S/C32H31N3O5/c1-2-35(31(37)25-11-8-18-33-22-25)19-20-40-26-16-14-23(15-17-26)21-29(32(38)39)34-28-13-7-6-12-27(28)30(36)24-9-4-3-5-10-24/h3-18,22,29,34H,2,19-21H2,1H3,(H,38,39). The van der Waals surface area contributed by atoms with Crippen molar-refractivity contribution in [2.24, 2.45) is 0 Å². The molecule has 3 aromatic carbocycles. The number of pyridine rings is 1. The average Bonchev–Trinajstić information content (AvgIpc) is 3.00. The van der Waals surface area contributed by atoms with Gasteiger partial charge in [-0.05, 0) is 48.9 Å². The number of likely N-dealkylation sites (N-methyl/N-ethyl adjacent to an activating group) is 1. The van der Waals surface area contributed by atoms with E-state index in [9.17, 15) is 19.5 Å². The normalized spacial score (nSPS) is 11.3. The Hall–Kier alpha value is -4.98. The number of rotatable bonds is 13. The smallest absolute Gasteiger partial charge is 0.326 e. The van der Waals surface area contributed by atoms with Gasteiger partial charge in [0.1, 0.15) is 18.4 Å². The van der Waals surface area contributed by atoms with E-state index < -0.39 is 12.0 Å². The third kappa shape index (κ3) is 7.32. The molecule has 8 heteroatoms. The summed E-state index contributed by atoms with van der Waals surface area (Å²) in [5, 5.41) is 13.0. The van der Waals surface area contributed by atoms with Crippen LogP contribution in [0.25, 0.3) is 0 Å². The molecule has 0 bridgehead atoms. The summed E-state index contributed by atoms with van der Waals surface area (Å²) in [7, 11) is 0. The third-order valence-electron chi connectivity index (χ3n) is 6.41. The first-order chi connectivity index (χ1) is 19.5. The number of para-hydroxylation sites is 1. The van der Waals surface area contributed by atoms with Crippen LogP contribution in [0.15, 0.2) is 103 Å². The van der Waals surface area contributed by atoms with Gasteiger partial charge in [0, 0.05) is 42.2 Å². The highest BCUT2D eigenvalue weighted by atomic mass is 16.5. The number of aromatic nitrogens is 1. The molecule has 4 rings (SSSR count). The van der Waals surface area contributed by atoms with Crippen LogP contribution in [-0.4, -0.2) is 58.4 Å². The largest absolute Gasteiger partial charge is 0.492 e. The van der Waals surface area contributed by atoms with Gasteiger partial charge >= 0.3 is 5.97 Å². The van der Waals surface area contributed by atoms with Crippen molar-refractivity contribution in [1.29, 1.82) is 0 Å². The number of carbonyl (C=O) groups excluding carboxylic acids is 2. The molecule has 8 nitrogen and oxygen atoms in total. The molecule has 0 spiro atoms. The minimum Gasteiger partial charge on any atom is -0.492 e. The van der Waals surface area contributed by atoms with E-state index in [1.54, 1.807) is 90.1 Å². The van der Waals surface area contributed by atoms with E-state index in [0.717, 1.165) is 5.56 Å². The van der Waals surface area contributed by atoms with Gasteiger partial charge in [0.2, 0.25) is 0 Å². The van der Waals surface area contributed by atoms with Gasteiger partial charge in [-0.2, -0.15) is 0 Å². The predicted molar refractivity (Wildman–Crippen MR) is 153 cm³/mol. The number of carbonyl (C=O) groups is 3. The van der Waals surface area contributed by atoms with E-state index in [2.05, 4.69) is 10.3 Å². The van der Waals surface area contributed by atoms with Crippen molar-refractivity contribution in [3.8, 4) is 5.75 Å². The van der Waals surface area contributed by atoms with E-state index in [1.807, 2.05) is 25.1 Å². The lowest BCUT2D eigenvalue weighted by Gasteiger charge is -2.21. The Bertz CT molecular complexity index is 1430. The van der Waals surface area contributed by atoms with Crippen LogP contribution in [0, 0.1) is 0 Å². The van der Waals surface area contributed by atoms with Gasteiger partial charge in [-0.1, -0.05) is 54.6 Å². The van der Waals surface area contributed by atoms with Crippen LogP contribution in [0.5, 0.6) is 5.75 Å². The quantitative estimate of drug-likeness (QED) is 0.232. The van der Waals surface area contributed by atoms with Crippen LogP contribution < -0.4 is 10.1 Å². The monoisotopic (exact) mass is 537 g/mol.